The van der Waals surface area contributed by atoms with Crippen LogP contribution in [0.5, 0.6) is 0 Å². The van der Waals surface area contributed by atoms with Gasteiger partial charge in [-0.15, -0.1) is 0 Å². The van der Waals surface area contributed by atoms with Crippen molar-refractivity contribution in [3.63, 3.8) is 0 Å². The van der Waals surface area contributed by atoms with Crippen LogP contribution in [0.1, 0.15) is 58.3 Å². The lowest BCUT2D eigenvalue weighted by Crippen LogP contribution is -2.25. The van der Waals surface area contributed by atoms with Gasteiger partial charge in [-0.1, -0.05) is 51.9 Å². The minimum absolute atomic E-state index is 0.122. The average molecular weight is 227 g/mol. The summed E-state index contributed by atoms with van der Waals surface area (Å²) in [4.78, 5) is 12.9. The van der Waals surface area contributed by atoms with Gasteiger partial charge in [0, 0.05) is 6.54 Å². The van der Waals surface area contributed by atoms with E-state index in [4.69, 9.17) is 4.74 Å². The van der Waals surface area contributed by atoms with Gasteiger partial charge >= 0.3 is 6.09 Å². The quantitative estimate of drug-likeness (QED) is 0.563. The van der Waals surface area contributed by atoms with Crippen LogP contribution >= 0.6 is 0 Å². The van der Waals surface area contributed by atoms with Gasteiger partial charge in [0.2, 0.25) is 0 Å². The van der Waals surface area contributed by atoms with Gasteiger partial charge in [-0.05, 0) is 6.42 Å². The van der Waals surface area contributed by atoms with Crippen molar-refractivity contribution in [2.45, 2.75) is 58.3 Å². The molecule has 1 rings (SSSR count). The van der Waals surface area contributed by atoms with Gasteiger partial charge < -0.3 is 9.64 Å². The third-order valence-electron chi connectivity index (χ3n) is 3.13. The third-order valence-corrected chi connectivity index (χ3v) is 3.13. The molecule has 1 heterocycles. The minimum Gasteiger partial charge on any atom is -0.448 e. The normalized spacial score (nSPS) is 15.6. The molecular weight excluding hydrogens is 202 g/mol. The van der Waals surface area contributed by atoms with Crippen molar-refractivity contribution >= 4 is 6.09 Å². The Balaban J connectivity index is 1.83. The molecule has 0 aromatic heterocycles. The molecule has 0 saturated carbocycles. The maximum atomic E-state index is 11.1. The Bertz CT molecular complexity index is 194. The molecule has 1 saturated heterocycles. The standard InChI is InChI=1S/C13H25NO2/c1-2-3-4-5-6-7-8-9-10-14-11-12-16-13(14)15/h2-12H2,1H3. The van der Waals surface area contributed by atoms with Crippen LogP contribution in [0.3, 0.4) is 0 Å². The fourth-order valence-corrected chi connectivity index (χ4v) is 2.07. The molecular formula is C13H25NO2. The first-order valence-electron chi connectivity index (χ1n) is 6.76. The summed E-state index contributed by atoms with van der Waals surface area (Å²) in [5.41, 5.74) is 0. The second kappa shape index (κ2) is 8.43. The van der Waals surface area contributed by atoms with E-state index in [9.17, 15) is 4.79 Å². The summed E-state index contributed by atoms with van der Waals surface area (Å²) in [5, 5.41) is 0. The summed E-state index contributed by atoms with van der Waals surface area (Å²) in [6.45, 7) is 4.49. The van der Waals surface area contributed by atoms with E-state index in [2.05, 4.69) is 6.92 Å². The van der Waals surface area contributed by atoms with Gasteiger partial charge in [0.15, 0.2) is 0 Å². The number of carbonyl (C=O) groups excluding carboxylic acids is 1. The summed E-state index contributed by atoms with van der Waals surface area (Å²) >= 11 is 0. The van der Waals surface area contributed by atoms with Gasteiger partial charge in [-0.2, -0.15) is 0 Å². The van der Waals surface area contributed by atoms with E-state index < -0.39 is 0 Å². The van der Waals surface area contributed by atoms with Crippen LogP contribution in [0, 0.1) is 0 Å². The molecule has 3 heteroatoms. The molecule has 0 aromatic carbocycles. The summed E-state index contributed by atoms with van der Waals surface area (Å²) < 4.78 is 4.87. The maximum Gasteiger partial charge on any atom is 0.409 e. The Labute approximate surface area is 99.1 Å². The molecule has 0 radical (unpaired) electrons. The summed E-state index contributed by atoms with van der Waals surface area (Å²) in [5.74, 6) is 0. The van der Waals surface area contributed by atoms with Crippen molar-refractivity contribution in [1.82, 2.24) is 4.90 Å². The molecule has 1 aliphatic rings. The number of unbranched alkanes of at least 4 members (excludes halogenated alkanes) is 7. The Kier molecular flexibility index (Phi) is 7.02. The van der Waals surface area contributed by atoms with E-state index in [1.165, 1.54) is 44.9 Å². The first-order valence-corrected chi connectivity index (χ1v) is 6.76. The zero-order chi connectivity index (χ0) is 11.6. The van der Waals surface area contributed by atoms with Crippen molar-refractivity contribution < 1.29 is 9.53 Å². The molecule has 1 aliphatic heterocycles. The van der Waals surface area contributed by atoms with Gasteiger partial charge in [0.1, 0.15) is 6.61 Å². The van der Waals surface area contributed by atoms with Crippen LogP contribution in [-0.4, -0.2) is 30.7 Å². The number of carbonyl (C=O) groups is 1. The second-order valence-electron chi connectivity index (χ2n) is 4.58. The monoisotopic (exact) mass is 227 g/mol. The van der Waals surface area contributed by atoms with Crippen molar-refractivity contribution in [1.29, 1.82) is 0 Å². The van der Waals surface area contributed by atoms with Crippen LogP contribution in [0.2, 0.25) is 0 Å². The second-order valence-corrected chi connectivity index (χ2v) is 4.58. The Morgan fingerprint density at radius 1 is 1.06 bits per heavy atom. The first kappa shape index (κ1) is 13.3. The molecule has 3 nitrogen and oxygen atoms in total. The summed E-state index contributed by atoms with van der Waals surface area (Å²) in [6.07, 6.45) is 10.4. The number of nitrogens with zero attached hydrogens (tertiary/aromatic N) is 1. The number of hydrogen-bond donors (Lipinski definition) is 0. The topological polar surface area (TPSA) is 29.5 Å². The minimum atomic E-state index is -0.122. The highest BCUT2D eigenvalue weighted by Crippen LogP contribution is 2.10. The third kappa shape index (κ3) is 5.38. The zero-order valence-electron chi connectivity index (χ0n) is 10.5. The SMILES string of the molecule is CCCCCCCCCCN1CCOC1=O. The number of cyclic esters (lactones) is 1. The van der Waals surface area contributed by atoms with Crippen molar-refractivity contribution in [3.05, 3.63) is 0 Å². The van der Waals surface area contributed by atoms with Crippen molar-refractivity contribution in [2.24, 2.45) is 0 Å². The first-order chi connectivity index (χ1) is 7.84. The maximum absolute atomic E-state index is 11.1. The zero-order valence-corrected chi connectivity index (χ0v) is 10.5. The Morgan fingerprint density at radius 2 is 1.69 bits per heavy atom. The van der Waals surface area contributed by atoms with Crippen LogP contribution in [0.25, 0.3) is 0 Å². The highest BCUT2D eigenvalue weighted by molar-refractivity contribution is 5.69. The van der Waals surface area contributed by atoms with E-state index in [0.29, 0.717) is 6.61 Å². The molecule has 0 atom stereocenters. The van der Waals surface area contributed by atoms with Crippen LogP contribution in [0.4, 0.5) is 4.79 Å². The molecule has 0 bridgehead atoms. The number of amides is 1. The lowest BCUT2D eigenvalue weighted by Gasteiger charge is -2.11. The smallest absolute Gasteiger partial charge is 0.409 e. The van der Waals surface area contributed by atoms with Gasteiger partial charge in [-0.3, -0.25) is 0 Å². The molecule has 1 fully saturated rings. The van der Waals surface area contributed by atoms with Crippen molar-refractivity contribution in [3.8, 4) is 0 Å². The fourth-order valence-electron chi connectivity index (χ4n) is 2.07. The molecule has 94 valence electrons. The van der Waals surface area contributed by atoms with Crippen LogP contribution in [-0.2, 0) is 4.74 Å². The molecule has 0 aromatic rings. The predicted octanol–water partition coefficient (Wildman–Crippen LogP) is 3.58. The van der Waals surface area contributed by atoms with E-state index in [0.717, 1.165) is 19.5 Å². The lowest BCUT2D eigenvalue weighted by atomic mass is 10.1. The van der Waals surface area contributed by atoms with Gasteiger partial charge in [0.05, 0.1) is 6.54 Å². The fraction of sp³-hybridized carbons (Fsp3) is 0.923. The van der Waals surface area contributed by atoms with Crippen LogP contribution in [0.15, 0.2) is 0 Å². The van der Waals surface area contributed by atoms with Gasteiger partial charge in [-0.25, -0.2) is 4.79 Å². The Morgan fingerprint density at radius 3 is 2.25 bits per heavy atom. The molecule has 0 aliphatic carbocycles. The molecule has 0 unspecified atom stereocenters. The average Bonchev–Trinajstić information content (AvgIpc) is 2.68. The highest BCUT2D eigenvalue weighted by Gasteiger charge is 2.20. The lowest BCUT2D eigenvalue weighted by molar-refractivity contribution is 0.158. The van der Waals surface area contributed by atoms with Crippen molar-refractivity contribution in [2.75, 3.05) is 19.7 Å². The molecule has 0 spiro atoms. The number of hydrogen-bond acceptors (Lipinski definition) is 2. The van der Waals surface area contributed by atoms with E-state index in [1.807, 2.05) is 4.90 Å². The molecule has 0 N–H and O–H groups in total. The van der Waals surface area contributed by atoms with Gasteiger partial charge in [0.25, 0.3) is 0 Å². The largest absolute Gasteiger partial charge is 0.448 e. The van der Waals surface area contributed by atoms with E-state index >= 15 is 0 Å². The summed E-state index contributed by atoms with van der Waals surface area (Å²) in [7, 11) is 0. The Hall–Kier alpha value is -0.730. The molecule has 1 amide bonds. The van der Waals surface area contributed by atoms with E-state index in [-0.39, 0.29) is 6.09 Å². The number of rotatable bonds is 9. The summed E-state index contributed by atoms with van der Waals surface area (Å²) in [6, 6.07) is 0. The van der Waals surface area contributed by atoms with Crippen LogP contribution < -0.4 is 0 Å². The highest BCUT2D eigenvalue weighted by atomic mass is 16.6. The molecule has 16 heavy (non-hydrogen) atoms. The number of ether oxygens (including phenoxy) is 1. The predicted molar refractivity (Wildman–Crippen MR) is 65.5 cm³/mol. The van der Waals surface area contributed by atoms with E-state index in [1.54, 1.807) is 0 Å².